The Bertz CT molecular complexity index is 508. The van der Waals surface area contributed by atoms with E-state index in [9.17, 15) is 19.7 Å². The molecule has 0 saturated heterocycles. The summed E-state index contributed by atoms with van der Waals surface area (Å²) in [5, 5.41) is 10.5. The van der Waals surface area contributed by atoms with Gasteiger partial charge in [-0.15, -0.1) is 0 Å². The van der Waals surface area contributed by atoms with Gasteiger partial charge in [-0.25, -0.2) is 4.79 Å². The number of aryl methyl sites for hydroxylation is 1. The normalized spacial score (nSPS) is 10.4. The van der Waals surface area contributed by atoms with Crippen LogP contribution < -0.4 is 11.2 Å². The number of hydrogen-bond donors (Lipinski definition) is 2. The second-order valence-corrected chi connectivity index (χ2v) is 3.96. The minimum atomic E-state index is -0.966. The highest BCUT2D eigenvalue weighted by Gasteiger charge is 2.14. The molecule has 0 fully saturated rings. The van der Waals surface area contributed by atoms with Crippen molar-refractivity contribution in [3.05, 3.63) is 37.1 Å². The molecular formula is C9H13N3O4S. The second kappa shape index (κ2) is 6.24. The summed E-state index contributed by atoms with van der Waals surface area (Å²) >= 11 is 4.05. The Morgan fingerprint density at radius 2 is 2.06 bits per heavy atom. The van der Waals surface area contributed by atoms with E-state index in [1.165, 1.54) is 0 Å². The van der Waals surface area contributed by atoms with Gasteiger partial charge in [0.2, 0.25) is 0 Å². The first-order chi connectivity index (χ1) is 8.06. The molecule has 0 bridgehead atoms. The van der Waals surface area contributed by atoms with E-state index in [1.54, 1.807) is 0 Å². The molecule has 0 saturated carbocycles. The van der Waals surface area contributed by atoms with E-state index in [1.807, 2.05) is 4.98 Å². The van der Waals surface area contributed by atoms with Crippen LogP contribution in [-0.2, 0) is 6.54 Å². The molecule has 0 unspecified atom stereocenters. The van der Waals surface area contributed by atoms with Crippen LogP contribution in [0, 0.1) is 10.1 Å². The molecule has 7 nitrogen and oxygen atoms in total. The van der Waals surface area contributed by atoms with Gasteiger partial charge in [-0.3, -0.25) is 24.5 Å². The summed E-state index contributed by atoms with van der Waals surface area (Å²) in [7, 11) is 0. The average molecular weight is 259 g/mol. The van der Waals surface area contributed by atoms with Gasteiger partial charge in [0.25, 0.3) is 0 Å². The zero-order valence-corrected chi connectivity index (χ0v) is 9.98. The first kappa shape index (κ1) is 13.5. The number of aromatic amines is 1. The number of H-pyrrole nitrogens is 1. The van der Waals surface area contributed by atoms with Crippen LogP contribution >= 0.6 is 12.6 Å². The van der Waals surface area contributed by atoms with E-state index < -0.39 is 21.9 Å². The SMILES string of the molecule is O=c1[nH]c(=O)n(CCCCCS)cc1[N+](=O)[O-]. The molecule has 1 aromatic rings. The van der Waals surface area contributed by atoms with Gasteiger partial charge in [0.1, 0.15) is 0 Å². The van der Waals surface area contributed by atoms with Crippen molar-refractivity contribution >= 4 is 18.3 Å². The summed E-state index contributed by atoms with van der Waals surface area (Å²) in [5.74, 6) is 0.765. The largest absolute Gasteiger partial charge is 0.350 e. The van der Waals surface area contributed by atoms with Crippen molar-refractivity contribution in [3.8, 4) is 0 Å². The summed E-state index contributed by atoms with van der Waals surface area (Å²) in [4.78, 5) is 34.1. The van der Waals surface area contributed by atoms with Gasteiger partial charge in [-0.2, -0.15) is 12.6 Å². The van der Waals surface area contributed by atoms with Crippen LogP contribution in [0.25, 0.3) is 0 Å². The lowest BCUT2D eigenvalue weighted by Gasteiger charge is -2.03. The molecule has 0 spiro atoms. The van der Waals surface area contributed by atoms with Crippen LogP contribution in [0.4, 0.5) is 5.69 Å². The molecule has 0 aromatic carbocycles. The number of unbranched alkanes of at least 4 members (excludes halogenated alkanes) is 2. The standard InChI is InChI=1S/C9H13N3O4S/c13-8-7(12(15)16)6-11(9(14)10-8)4-2-1-3-5-17/h6,17H,1-5H2,(H,10,13,14). The van der Waals surface area contributed by atoms with Gasteiger partial charge < -0.3 is 0 Å². The minimum absolute atomic E-state index is 0.351. The molecule has 94 valence electrons. The second-order valence-electron chi connectivity index (χ2n) is 3.51. The third-order valence-corrected chi connectivity index (χ3v) is 2.56. The van der Waals surface area contributed by atoms with Gasteiger partial charge in [0, 0.05) is 6.54 Å². The van der Waals surface area contributed by atoms with Crippen molar-refractivity contribution in [2.75, 3.05) is 5.75 Å². The van der Waals surface area contributed by atoms with Gasteiger partial charge in [0.15, 0.2) is 0 Å². The molecular weight excluding hydrogens is 246 g/mol. The van der Waals surface area contributed by atoms with Crippen LogP contribution in [0.15, 0.2) is 15.8 Å². The number of nitrogens with zero attached hydrogens (tertiary/aromatic N) is 2. The van der Waals surface area contributed by atoms with Crippen molar-refractivity contribution in [2.24, 2.45) is 0 Å². The third-order valence-electron chi connectivity index (χ3n) is 2.25. The number of thiol groups is 1. The number of rotatable bonds is 6. The zero-order chi connectivity index (χ0) is 12.8. The molecule has 1 N–H and O–H groups in total. The summed E-state index contributed by atoms with van der Waals surface area (Å²) in [6.45, 7) is 0.351. The molecule has 0 radical (unpaired) electrons. The summed E-state index contributed by atoms with van der Waals surface area (Å²) < 4.78 is 1.15. The lowest BCUT2D eigenvalue weighted by atomic mass is 10.2. The summed E-state index contributed by atoms with van der Waals surface area (Å²) in [6, 6.07) is 0. The van der Waals surface area contributed by atoms with Crippen molar-refractivity contribution < 1.29 is 4.92 Å². The summed E-state index contributed by atoms with van der Waals surface area (Å²) in [6.07, 6.45) is 3.50. The third kappa shape index (κ3) is 3.74. The Labute approximate surface area is 102 Å². The van der Waals surface area contributed by atoms with Crippen LogP contribution in [0.5, 0.6) is 0 Å². The van der Waals surface area contributed by atoms with Crippen LogP contribution in [-0.4, -0.2) is 20.2 Å². The van der Waals surface area contributed by atoms with Crippen molar-refractivity contribution in [1.82, 2.24) is 9.55 Å². The minimum Gasteiger partial charge on any atom is -0.294 e. The molecule has 0 atom stereocenters. The average Bonchev–Trinajstić information content (AvgIpc) is 2.26. The van der Waals surface area contributed by atoms with Crippen LogP contribution in [0.3, 0.4) is 0 Å². The Morgan fingerprint density at radius 1 is 1.35 bits per heavy atom. The fraction of sp³-hybridized carbons (Fsp3) is 0.556. The van der Waals surface area contributed by atoms with Gasteiger partial charge >= 0.3 is 16.9 Å². The number of nitrogens with one attached hydrogen (secondary N) is 1. The molecule has 1 aromatic heterocycles. The molecule has 0 amide bonds. The Morgan fingerprint density at radius 3 is 2.65 bits per heavy atom. The molecule has 0 aliphatic carbocycles. The first-order valence-electron chi connectivity index (χ1n) is 5.15. The van der Waals surface area contributed by atoms with E-state index in [0.29, 0.717) is 13.0 Å². The highest BCUT2D eigenvalue weighted by molar-refractivity contribution is 7.80. The van der Waals surface area contributed by atoms with E-state index in [2.05, 4.69) is 12.6 Å². The number of hydrogen-bond acceptors (Lipinski definition) is 5. The monoisotopic (exact) mass is 259 g/mol. The molecule has 0 aliphatic rings. The molecule has 0 aliphatic heterocycles. The predicted molar refractivity (Wildman–Crippen MR) is 65.7 cm³/mol. The maximum absolute atomic E-state index is 11.3. The Kier molecular flexibility index (Phi) is 4.95. The highest BCUT2D eigenvalue weighted by Crippen LogP contribution is 2.02. The maximum Gasteiger partial charge on any atom is 0.350 e. The first-order valence-corrected chi connectivity index (χ1v) is 5.78. The van der Waals surface area contributed by atoms with Gasteiger partial charge in [-0.1, -0.05) is 6.42 Å². The zero-order valence-electron chi connectivity index (χ0n) is 9.09. The van der Waals surface area contributed by atoms with E-state index in [4.69, 9.17) is 0 Å². The maximum atomic E-state index is 11.3. The van der Waals surface area contributed by atoms with E-state index in [-0.39, 0.29) is 0 Å². The predicted octanol–water partition coefficient (Wildman–Crippen LogP) is 0.545. The molecule has 8 heteroatoms. The van der Waals surface area contributed by atoms with E-state index in [0.717, 1.165) is 29.4 Å². The molecule has 1 heterocycles. The molecule has 1 rings (SSSR count). The highest BCUT2D eigenvalue weighted by atomic mass is 32.1. The number of aromatic nitrogens is 2. The summed E-state index contributed by atoms with van der Waals surface area (Å²) in [5.41, 5.74) is -2.20. The lowest BCUT2D eigenvalue weighted by Crippen LogP contribution is -2.30. The van der Waals surface area contributed by atoms with Crippen molar-refractivity contribution in [1.29, 1.82) is 0 Å². The van der Waals surface area contributed by atoms with Crippen molar-refractivity contribution in [2.45, 2.75) is 25.8 Å². The topological polar surface area (TPSA) is 98.0 Å². The lowest BCUT2D eigenvalue weighted by molar-refractivity contribution is -0.386. The fourth-order valence-electron chi connectivity index (χ4n) is 1.36. The van der Waals surface area contributed by atoms with Crippen LogP contribution in [0.1, 0.15) is 19.3 Å². The van der Waals surface area contributed by atoms with Crippen LogP contribution in [0.2, 0.25) is 0 Å². The van der Waals surface area contributed by atoms with Gasteiger partial charge in [-0.05, 0) is 18.6 Å². The number of nitro groups is 1. The van der Waals surface area contributed by atoms with E-state index >= 15 is 0 Å². The smallest absolute Gasteiger partial charge is 0.294 e. The fourth-order valence-corrected chi connectivity index (χ4v) is 1.59. The van der Waals surface area contributed by atoms with Crippen molar-refractivity contribution in [3.63, 3.8) is 0 Å². The molecule has 17 heavy (non-hydrogen) atoms. The van der Waals surface area contributed by atoms with Gasteiger partial charge in [0.05, 0.1) is 11.1 Å². The Balaban J connectivity index is 2.85. The Hall–Kier alpha value is -1.57. The quantitative estimate of drug-likeness (QED) is 0.337.